The van der Waals surface area contributed by atoms with Gasteiger partial charge in [0.1, 0.15) is 17.5 Å². The van der Waals surface area contributed by atoms with Gasteiger partial charge in [0, 0.05) is 19.0 Å². The number of aryl methyl sites for hydroxylation is 1. The number of benzene rings is 1. The van der Waals surface area contributed by atoms with Gasteiger partial charge in [-0.2, -0.15) is 5.26 Å². The standard InChI is InChI=1S/C15H16ClN5/c1-4-13-20-14(18-3)9(2)15(21-13)19-12-6-5-10(8-17)7-11(12)16/h5-7H,4H2,1-3H3,(H2,18,19,20,21). The van der Waals surface area contributed by atoms with E-state index in [2.05, 4.69) is 26.7 Å². The van der Waals surface area contributed by atoms with Crippen molar-refractivity contribution in [3.8, 4) is 6.07 Å². The summed E-state index contributed by atoms with van der Waals surface area (Å²) in [6, 6.07) is 7.17. The molecule has 0 aliphatic heterocycles. The molecule has 0 saturated carbocycles. The summed E-state index contributed by atoms with van der Waals surface area (Å²) in [5.74, 6) is 2.24. The Morgan fingerprint density at radius 2 is 2.00 bits per heavy atom. The summed E-state index contributed by atoms with van der Waals surface area (Å²) in [6.45, 7) is 3.94. The summed E-state index contributed by atoms with van der Waals surface area (Å²) in [5, 5.41) is 15.6. The van der Waals surface area contributed by atoms with Crippen molar-refractivity contribution in [3.63, 3.8) is 0 Å². The van der Waals surface area contributed by atoms with E-state index >= 15 is 0 Å². The van der Waals surface area contributed by atoms with Crippen molar-refractivity contribution in [1.29, 1.82) is 5.26 Å². The first kappa shape index (κ1) is 15.1. The van der Waals surface area contributed by atoms with E-state index in [9.17, 15) is 0 Å². The summed E-state index contributed by atoms with van der Waals surface area (Å²) >= 11 is 6.19. The average Bonchev–Trinajstić information content (AvgIpc) is 2.50. The van der Waals surface area contributed by atoms with Crippen molar-refractivity contribution in [2.45, 2.75) is 20.3 Å². The van der Waals surface area contributed by atoms with Crippen LogP contribution < -0.4 is 10.6 Å². The lowest BCUT2D eigenvalue weighted by molar-refractivity contribution is 0.935. The fourth-order valence-electron chi connectivity index (χ4n) is 1.90. The zero-order valence-electron chi connectivity index (χ0n) is 12.2. The first-order valence-electron chi connectivity index (χ1n) is 6.61. The van der Waals surface area contributed by atoms with Crippen molar-refractivity contribution < 1.29 is 0 Å². The normalized spacial score (nSPS) is 10.0. The van der Waals surface area contributed by atoms with Crippen LogP contribution in [0.4, 0.5) is 17.3 Å². The van der Waals surface area contributed by atoms with E-state index in [4.69, 9.17) is 16.9 Å². The number of rotatable bonds is 4. The Bertz CT molecular complexity index is 706. The van der Waals surface area contributed by atoms with Gasteiger partial charge in [0.05, 0.1) is 22.3 Å². The number of hydrogen-bond donors (Lipinski definition) is 2. The Kier molecular flexibility index (Phi) is 4.61. The Morgan fingerprint density at radius 3 is 2.57 bits per heavy atom. The van der Waals surface area contributed by atoms with Crippen molar-refractivity contribution in [2.75, 3.05) is 17.7 Å². The number of nitrogens with one attached hydrogen (secondary N) is 2. The predicted molar refractivity (Wildman–Crippen MR) is 85.1 cm³/mol. The van der Waals surface area contributed by atoms with Crippen molar-refractivity contribution in [2.24, 2.45) is 0 Å². The van der Waals surface area contributed by atoms with Crippen molar-refractivity contribution in [3.05, 3.63) is 40.2 Å². The van der Waals surface area contributed by atoms with E-state index in [1.165, 1.54) is 0 Å². The van der Waals surface area contributed by atoms with Crippen LogP contribution in [-0.2, 0) is 6.42 Å². The van der Waals surface area contributed by atoms with E-state index in [0.29, 0.717) is 22.1 Å². The van der Waals surface area contributed by atoms with Crippen molar-refractivity contribution in [1.82, 2.24) is 9.97 Å². The molecule has 0 aliphatic carbocycles. The molecule has 108 valence electrons. The van der Waals surface area contributed by atoms with Gasteiger partial charge in [-0.25, -0.2) is 9.97 Å². The molecule has 0 aliphatic rings. The topological polar surface area (TPSA) is 73.6 Å². The van der Waals surface area contributed by atoms with E-state index in [0.717, 1.165) is 23.6 Å². The Hall–Kier alpha value is -2.32. The summed E-state index contributed by atoms with van der Waals surface area (Å²) in [6.07, 6.45) is 0.741. The van der Waals surface area contributed by atoms with Crippen molar-refractivity contribution >= 4 is 28.9 Å². The Labute approximate surface area is 129 Å². The molecule has 6 heteroatoms. The van der Waals surface area contributed by atoms with Crippen LogP contribution >= 0.6 is 11.6 Å². The van der Waals surface area contributed by atoms with E-state index < -0.39 is 0 Å². The van der Waals surface area contributed by atoms with Crippen LogP contribution in [0.25, 0.3) is 0 Å². The molecule has 0 fully saturated rings. The molecule has 0 bridgehead atoms. The number of hydrogen-bond acceptors (Lipinski definition) is 5. The maximum absolute atomic E-state index is 8.87. The van der Waals surface area contributed by atoms with E-state index in [1.54, 1.807) is 18.2 Å². The van der Waals surface area contributed by atoms with Crippen LogP contribution in [0.5, 0.6) is 0 Å². The zero-order valence-corrected chi connectivity index (χ0v) is 12.9. The van der Waals surface area contributed by atoms with Crippen LogP contribution in [0.15, 0.2) is 18.2 Å². The summed E-state index contributed by atoms with van der Waals surface area (Å²) < 4.78 is 0. The van der Waals surface area contributed by atoms with E-state index in [1.807, 2.05) is 20.9 Å². The van der Waals surface area contributed by atoms with Crippen LogP contribution in [0, 0.1) is 18.3 Å². The maximum Gasteiger partial charge on any atom is 0.139 e. The molecule has 0 unspecified atom stereocenters. The third-order valence-electron chi connectivity index (χ3n) is 3.10. The smallest absolute Gasteiger partial charge is 0.139 e. The Morgan fingerprint density at radius 1 is 1.29 bits per heavy atom. The van der Waals surface area contributed by atoms with Gasteiger partial charge in [-0.1, -0.05) is 18.5 Å². The molecule has 2 rings (SSSR count). The Balaban J connectivity index is 2.42. The van der Waals surface area contributed by atoms with Gasteiger partial charge in [0.25, 0.3) is 0 Å². The third-order valence-corrected chi connectivity index (χ3v) is 3.41. The molecule has 1 aromatic carbocycles. The second-order valence-electron chi connectivity index (χ2n) is 4.50. The fraction of sp³-hybridized carbons (Fsp3) is 0.267. The molecule has 0 amide bonds. The molecular weight excluding hydrogens is 286 g/mol. The number of halogens is 1. The highest BCUT2D eigenvalue weighted by Gasteiger charge is 2.11. The van der Waals surface area contributed by atoms with Crippen LogP contribution in [0.3, 0.4) is 0 Å². The van der Waals surface area contributed by atoms with Gasteiger partial charge in [0.15, 0.2) is 0 Å². The van der Waals surface area contributed by atoms with Crippen LogP contribution in [-0.4, -0.2) is 17.0 Å². The number of nitriles is 1. The first-order chi connectivity index (χ1) is 10.1. The van der Waals surface area contributed by atoms with Gasteiger partial charge in [-0.05, 0) is 25.1 Å². The zero-order chi connectivity index (χ0) is 15.4. The largest absolute Gasteiger partial charge is 0.373 e. The summed E-state index contributed by atoms with van der Waals surface area (Å²) in [4.78, 5) is 8.92. The molecular formula is C15H16ClN5. The number of aromatic nitrogens is 2. The average molecular weight is 302 g/mol. The van der Waals surface area contributed by atoms with Gasteiger partial charge in [0.2, 0.25) is 0 Å². The lowest BCUT2D eigenvalue weighted by Gasteiger charge is -2.14. The molecule has 2 aromatic rings. The fourth-order valence-corrected chi connectivity index (χ4v) is 2.13. The first-order valence-corrected chi connectivity index (χ1v) is 6.98. The minimum Gasteiger partial charge on any atom is -0.373 e. The molecule has 1 heterocycles. The molecule has 21 heavy (non-hydrogen) atoms. The highest BCUT2D eigenvalue weighted by molar-refractivity contribution is 6.33. The number of anilines is 3. The minimum absolute atomic E-state index is 0.483. The summed E-state index contributed by atoms with van der Waals surface area (Å²) in [5.41, 5.74) is 2.15. The highest BCUT2D eigenvalue weighted by Crippen LogP contribution is 2.28. The quantitative estimate of drug-likeness (QED) is 0.901. The monoisotopic (exact) mass is 301 g/mol. The maximum atomic E-state index is 8.87. The van der Waals surface area contributed by atoms with E-state index in [-0.39, 0.29) is 0 Å². The molecule has 5 nitrogen and oxygen atoms in total. The minimum atomic E-state index is 0.483. The predicted octanol–water partition coefficient (Wildman–Crippen LogP) is 3.66. The van der Waals surface area contributed by atoms with Gasteiger partial charge in [-0.3, -0.25) is 0 Å². The second-order valence-corrected chi connectivity index (χ2v) is 4.90. The van der Waals surface area contributed by atoms with Gasteiger partial charge >= 0.3 is 0 Å². The lowest BCUT2D eigenvalue weighted by atomic mass is 10.2. The van der Waals surface area contributed by atoms with Gasteiger partial charge < -0.3 is 10.6 Å². The molecule has 0 atom stereocenters. The SMILES string of the molecule is CCc1nc(NC)c(C)c(Nc2ccc(C#N)cc2Cl)n1. The van der Waals surface area contributed by atoms with Crippen LogP contribution in [0.2, 0.25) is 5.02 Å². The third kappa shape index (κ3) is 3.23. The lowest BCUT2D eigenvalue weighted by Crippen LogP contribution is -2.07. The van der Waals surface area contributed by atoms with Gasteiger partial charge in [-0.15, -0.1) is 0 Å². The molecule has 0 radical (unpaired) electrons. The molecule has 0 spiro atoms. The summed E-state index contributed by atoms with van der Waals surface area (Å²) in [7, 11) is 1.83. The number of nitrogens with zero attached hydrogens (tertiary/aromatic N) is 3. The molecule has 2 N–H and O–H groups in total. The van der Waals surface area contributed by atoms with Crippen LogP contribution in [0.1, 0.15) is 23.9 Å². The second kappa shape index (κ2) is 6.42. The molecule has 1 aromatic heterocycles. The highest BCUT2D eigenvalue weighted by atomic mass is 35.5. The molecule has 0 saturated heterocycles.